The number of carbonyl (C=O) groups excluding carboxylic acids is 1. The van der Waals surface area contributed by atoms with Gasteiger partial charge in [-0.2, -0.15) is 0 Å². The van der Waals surface area contributed by atoms with Crippen LogP contribution in [0.2, 0.25) is 0 Å². The molecule has 68 valence electrons. The van der Waals surface area contributed by atoms with Crippen LogP contribution in [0, 0.1) is 5.92 Å². The van der Waals surface area contributed by atoms with Crippen LogP contribution in [0.25, 0.3) is 0 Å². The van der Waals surface area contributed by atoms with E-state index in [-0.39, 0.29) is 30.1 Å². The van der Waals surface area contributed by atoms with E-state index in [1.165, 1.54) is 0 Å². The van der Waals surface area contributed by atoms with Gasteiger partial charge < -0.3 is 10.1 Å². The maximum absolute atomic E-state index is 11.4. The van der Waals surface area contributed by atoms with Gasteiger partial charge in [-0.1, -0.05) is 6.92 Å². The smallest absolute Gasteiger partial charge is 0.225 e. The van der Waals surface area contributed by atoms with Crippen molar-refractivity contribution >= 4 is 5.91 Å². The average Bonchev–Trinajstić information content (AvgIpc) is 2.47. The second-order valence-corrected chi connectivity index (χ2v) is 3.88. The molecule has 1 N–H and O–H groups in total. The van der Waals surface area contributed by atoms with Crippen LogP contribution in [0.15, 0.2) is 0 Å². The largest absolute Gasteiger partial charge is 0.372 e. The summed E-state index contributed by atoms with van der Waals surface area (Å²) in [4.78, 5) is 11.4. The zero-order valence-corrected chi connectivity index (χ0v) is 7.54. The van der Waals surface area contributed by atoms with E-state index in [2.05, 4.69) is 5.32 Å². The van der Waals surface area contributed by atoms with Gasteiger partial charge in [0.05, 0.1) is 24.2 Å². The monoisotopic (exact) mass is 169 g/mol. The number of ether oxygens (including phenoxy) is 1. The quantitative estimate of drug-likeness (QED) is 0.579. The van der Waals surface area contributed by atoms with Crippen molar-refractivity contribution in [3.8, 4) is 0 Å². The topological polar surface area (TPSA) is 38.3 Å². The molecule has 2 aliphatic heterocycles. The predicted octanol–water partition coefficient (Wildman–Crippen LogP) is 0.688. The van der Waals surface area contributed by atoms with Gasteiger partial charge in [0.25, 0.3) is 0 Å². The summed E-state index contributed by atoms with van der Waals surface area (Å²) in [7, 11) is 0. The molecule has 2 rings (SSSR count). The molecule has 3 nitrogen and oxygen atoms in total. The highest BCUT2D eigenvalue weighted by atomic mass is 16.5. The number of rotatable bonds is 0. The van der Waals surface area contributed by atoms with Crippen molar-refractivity contribution in [2.24, 2.45) is 5.92 Å². The summed E-state index contributed by atoms with van der Waals surface area (Å²) < 4.78 is 5.73. The lowest BCUT2D eigenvalue weighted by Gasteiger charge is -2.18. The highest BCUT2D eigenvalue weighted by Gasteiger charge is 2.39. The third kappa shape index (κ3) is 1.12. The summed E-state index contributed by atoms with van der Waals surface area (Å²) in [6, 6.07) is 0.187. The highest BCUT2D eigenvalue weighted by Crippen LogP contribution is 2.29. The molecule has 3 heteroatoms. The van der Waals surface area contributed by atoms with Gasteiger partial charge in [-0.05, 0) is 19.8 Å². The normalized spacial score (nSPS) is 47.0. The molecule has 0 aromatic rings. The van der Waals surface area contributed by atoms with Gasteiger partial charge in [0.1, 0.15) is 0 Å². The maximum atomic E-state index is 11.4. The van der Waals surface area contributed by atoms with Crippen molar-refractivity contribution in [2.45, 2.75) is 44.9 Å². The fraction of sp³-hybridized carbons (Fsp3) is 0.889. The van der Waals surface area contributed by atoms with Crippen molar-refractivity contribution in [1.82, 2.24) is 5.32 Å². The molecule has 12 heavy (non-hydrogen) atoms. The lowest BCUT2D eigenvalue weighted by atomic mass is 9.97. The first-order valence-electron chi connectivity index (χ1n) is 4.64. The third-order valence-corrected chi connectivity index (χ3v) is 2.98. The summed E-state index contributed by atoms with van der Waals surface area (Å²) in [5.74, 6) is 0.176. The van der Waals surface area contributed by atoms with Gasteiger partial charge in [0.2, 0.25) is 5.91 Å². The second-order valence-electron chi connectivity index (χ2n) is 3.88. The van der Waals surface area contributed by atoms with Gasteiger partial charge in [-0.15, -0.1) is 0 Å². The number of fused-ring (bicyclic) bond motifs is 2. The Balaban J connectivity index is 2.18. The Morgan fingerprint density at radius 3 is 2.75 bits per heavy atom. The Kier molecular flexibility index (Phi) is 1.83. The molecule has 2 bridgehead atoms. The van der Waals surface area contributed by atoms with Crippen LogP contribution >= 0.6 is 0 Å². The highest BCUT2D eigenvalue weighted by molar-refractivity contribution is 5.79. The zero-order chi connectivity index (χ0) is 8.72. The van der Waals surface area contributed by atoms with E-state index in [0.29, 0.717) is 0 Å². The first-order valence-corrected chi connectivity index (χ1v) is 4.64. The number of hydrogen-bond acceptors (Lipinski definition) is 2. The number of amides is 1. The molecule has 1 amide bonds. The summed E-state index contributed by atoms with van der Waals surface area (Å²) in [6.45, 7) is 3.96. The van der Waals surface area contributed by atoms with Crippen LogP contribution in [0.3, 0.4) is 0 Å². The Bertz CT molecular complexity index is 205. The Morgan fingerprint density at radius 2 is 2.00 bits per heavy atom. The molecule has 4 atom stereocenters. The van der Waals surface area contributed by atoms with Crippen LogP contribution in [-0.2, 0) is 9.53 Å². The fourth-order valence-corrected chi connectivity index (χ4v) is 2.04. The van der Waals surface area contributed by atoms with Gasteiger partial charge in [0, 0.05) is 0 Å². The van der Waals surface area contributed by atoms with E-state index < -0.39 is 0 Å². The van der Waals surface area contributed by atoms with Crippen molar-refractivity contribution in [3.63, 3.8) is 0 Å². The van der Waals surface area contributed by atoms with E-state index in [0.717, 1.165) is 12.8 Å². The summed E-state index contributed by atoms with van der Waals surface area (Å²) in [5, 5.41) is 2.96. The van der Waals surface area contributed by atoms with Gasteiger partial charge in [-0.25, -0.2) is 0 Å². The third-order valence-electron chi connectivity index (χ3n) is 2.98. The van der Waals surface area contributed by atoms with Crippen molar-refractivity contribution < 1.29 is 9.53 Å². The lowest BCUT2D eigenvalue weighted by molar-refractivity contribution is -0.126. The molecule has 0 aliphatic carbocycles. The molecular weight excluding hydrogens is 154 g/mol. The molecule has 0 spiro atoms. The Labute approximate surface area is 72.5 Å². The first-order chi connectivity index (χ1) is 5.68. The number of carbonyl (C=O) groups is 1. The molecule has 2 aliphatic rings. The lowest BCUT2D eigenvalue weighted by Crippen LogP contribution is -2.41. The number of nitrogens with one attached hydrogen (secondary N) is 1. The minimum atomic E-state index is 0.0277. The van der Waals surface area contributed by atoms with E-state index in [9.17, 15) is 4.79 Å². The van der Waals surface area contributed by atoms with Crippen LogP contribution in [-0.4, -0.2) is 24.2 Å². The molecule has 0 radical (unpaired) electrons. The van der Waals surface area contributed by atoms with Crippen LogP contribution in [0.4, 0.5) is 0 Å². The first kappa shape index (κ1) is 8.05. The molecule has 0 aromatic heterocycles. The van der Waals surface area contributed by atoms with Gasteiger partial charge in [-0.3, -0.25) is 4.79 Å². The van der Waals surface area contributed by atoms with Crippen LogP contribution in [0.1, 0.15) is 26.7 Å². The van der Waals surface area contributed by atoms with Crippen molar-refractivity contribution in [2.75, 3.05) is 0 Å². The van der Waals surface area contributed by atoms with Crippen LogP contribution in [0.5, 0.6) is 0 Å². The molecule has 2 saturated heterocycles. The molecule has 2 fully saturated rings. The van der Waals surface area contributed by atoms with E-state index in [1.54, 1.807) is 0 Å². The Hall–Kier alpha value is -0.570. The van der Waals surface area contributed by atoms with E-state index in [1.807, 2.05) is 13.8 Å². The Morgan fingerprint density at radius 1 is 1.33 bits per heavy atom. The van der Waals surface area contributed by atoms with Gasteiger partial charge >= 0.3 is 0 Å². The summed E-state index contributed by atoms with van der Waals surface area (Å²) in [6.07, 6.45) is 2.56. The average molecular weight is 169 g/mol. The summed E-state index contributed by atoms with van der Waals surface area (Å²) >= 11 is 0. The molecule has 0 saturated carbocycles. The minimum absolute atomic E-state index is 0.0277. The van der Waals surface area contributed by atoms with Crippen molar-refractivity contribution in [3.05, 3.63) is 0 Å². The van der Waals surface area contributed by atoms with Crippen molar-refractivity contribution in [1.29, 1.82) is 0 Å². The van der Waals surface area contributed by atoms with Crippen LogP contribution < -0.4 is 5.32 Å². The molecular formula is C9H15NO2. The number of hydrogen-bond donors (Lipinski definition) is 1. The fourth-order valence-electron chi connectivity index (χ4n) is 2.04. The minimum Gasteiger partial charge on any atom is -0.372 e. The molecule has 2 heterocycles. The predicted molar refractivity (Wildman–Crippen MR) is 44.7 cm³/mol. The maximum Gasteiger partial charge on any atom is 0.225 e. The standard InChI is InChI=1S/C9H15NO2/c1-5-7-3-4-8(12-7)6(2)10-9(5)11/h5-8H,3-4H2,1-2H3,(H,10,11). The second kappa shape index (κ2) is 2.73. The SMILES string of the molecule is CC1NC(=O)C(C)C2CCC1O2. The zero-order valence-electron chi connectivity index (χ0n) is 7.54. The van der Waals surface area contributed by atoms with E-state index >= 15 is 0 Å². The summed E-state index contributed by atoms with van der Waals surface area (Å²) in [5.41, 5.74) is 0. The van der Waals surface area contributed by atoms with E-state index in [4.69, 9.17) is 4.74 Å². The van der Waals surface area contributed by atoms with Gasteiger partial charge in [0.15, 0.2) is 0 Å². The molecule has 4 unspecified atom stereocenters. The molecule has 0 aromatic carbocycles.